The van der Waals surface area contributed by atoms with E-state index in [4.69, 9.17) is 0 Å². The van der Waals surface area contributed by atoms with Gasteiger partial charge in [0.2, 0.25) is 0 Å². The highest BCUT2D eigenvalue weighted by Crippen LogP contribution is 2.26. The first-order chi connectivity index (χ1) is 12.2. The van der Waals surface area contributed by atoms with E-state index in [9.17, 15) is 9.90 Å². The second-order valence-corrected chi connectivity index (χ2v) is 7.23. The summed E-state index contributed by atoms with van der Waals surface area (Å²) >= 11 is 0. The number of para-hydroxylation sites is 1. The fraction of sp³-hybridized carbons (Fsp3) is 0.550. The molecule has 0 spiro atoms. The Balaban J connectivity index is 1.49. The molecule has 2 heterocycles. The van der Waals surface area contributed by atoms with Gasteiger partial charge in [-0.05, 0) is 38.3 Å². The summed E-state index contributed by atoms with van der Waals surface area (Å²) in [5, 5.41) is 11.2. The van der Waals surface area contributed by atoms with Gasteiger partial charge in [-0.1, -0.05) is 18.2 Å². The number of aliphatic hydroxyl groups is 1. The summed E-state index contributed by atoms with van der Waals surface area (Å²) in [6.07, 6.45) is 2.92. The molecular formula is C20H27N3O2. The second kappa shape index (κ2) is 6.81. The SMILES string of the molecule is CCn1c(C(=O)N2CCN([C@@H]3CCC[C@@H]3O)CC2)cc2ccccc21. The normalized spacial score (nSPS) is 25.0. The molecule has 2 fully saturated rings. The number of benzene rings is 1. The Morgan fingerprint density at radius 3 is 2.60 bits per heavy atom. The minimum atomic E-state index is -0.190. The summed E-state index contributed by atoms with van der Waals surface area (Å²) in [7, 11) is 0. The van der Waals surface area contributed by atoms with Gasteiger partial charge in [0.15, 0.2) is 0 Å². The molecule has 2 atom stereocenters. The minimum absolute atomic E-state index is 0.129. The lowest BCUT2D eigenvalue weighted by molar-refractivity contribution is 0.0311. The monoisotopic (exact) mass is 341 g/mol. The number of aryl methyl sites for hydroxylation is 1. The van der Waals surface area contributed by atoms with Crippen molar-refractivity contribution in [1.29, 1.82) is 0 Å². The Labute approximate surface area is 148 Å². The molecule has 2 aliphatic rings. The highest BCUT2D eigenvalue weighted by Gasteiger charge is 2.33. The van der Waals surface area contributed by atoms with Gasteiger partial charge in [0, 0.05) is 49.7 Å². The van der Waals surface area contributed by atoms with Gasteiger partial charge in [-0.15, -0.1) is 0 Å². The van der Waals surface area contributed by atoms with E-state index in [0.717, 1.165) is 68.6 Å². The quantitative estimate of drug-likeness (QED) is 0.932. The van der Waals surface area contributed by atoms with Crippen LogP contribution in [0.4, 0.5) is 0 Å². The van der Waals surface area contributed by atoms with Gasteiger partial charge >= 0.3 is 0 Å². The molecule has 4 rings (SSSR count). The van der Waals surface area contributed by atoms with Crippen LogP contribution in [0.5, 0.6) is 0 Å². The van der Waals surface area contributed by atoms with E-state index >= 15 is 0 Å². The zero-order valence-corrected chi connectivity index (χ0v) is 14.9. The highest BCUT2D eigenvalue weighted by atomic mass is 16.3. The van der Waals surface area contributed by atoms with Gasteiger partial charge in [-0.3, -0.25) is 9.69 Å². The molecule has 1 saturated heterocycles. The number of aromatic nitrogens is 1. The van der Waals surface area contributed by atoms with Gasteiger partial charge in [-0.2, -0.15) is 0 Å². The first-order valence-electron chi connectivity index (χ1n) is 9.48. The van der Waals surface area contributed by atoms with Crippen LogP contribution in [0.2, 0.25) is 0 Å². The van der Waals surface area contributed by atoms with Gasteiger partial charge < -0.3 is 14.6 Å². The van der Waals surface area contributed by atoms with Crippen molar-refractivity contribution in [2.75, 3.05) is 26.2 Å². The van der Waals surface area contributed by atoms with E-state index in [-0.39, 0.29) is 12.0 Å². The number of rotatable bonds is 3. The second-order valence-electron chi connectivity index (χ2n) is 7.23. The van der Waals surface area contributed by atoms with Crippen molar-refractivity contribution in [2.24, 2.45) is 0 Å². The van der Waals surface area contributed by atoms with Gasteiger partial charge in [-0.25, -0.2) is 0 Å². The summed E-state index contributed by atoms with van der Waals surface area (Å²) in [5.74, 6) is 0.129. The molecule has 0 unspecified atom stereocenters. The Morgan fingerprint density at radius 2 is 1.92 bits per heavy atom. The number of piperazine rings is 1. The average Bonchev–Trinajstić information content (AvgIpc) is 3.24. The Kier molecular flexibility index (Phi) is 4.52. The molecule has 1 saturated carbocycles. The maximum atomic E-state index is 13.1. The standard InChI is InChI=1S/C20H27N3O2/c1-2-23-16-7-4-3-6-15(16)14-18(23)20(25)22-12-10-21(11-13-22)17-8-5-9-19(17)24/h3-4,6-7,14,17,19,24H,2,5,8-13H2,1H3/t17-,19+/m1/s1. The van der Waals surface area contributed by atoms with E-state index in [1.165, 1.54) is 0 Å². The van der Waals surface area contributed by atoms with Crippen LogP contribution in [0.3, 0.4) is 0 Å². The molecule has 25 heavy (non-hydrogen) atoms. The maximum Gasteiger partial charge on any atom is 0.270 e. The molecule has 2 aromatic rings. The molecule has 1 aromatic carbocycles. The van der Waals surface area contributed by atoms with Crippen molar-refractivity contribution in [3.8, 4) is 0 Å². The van der Waals surface area contributed by atoms with Gasteiger partial charge in [0.25, 0.3) is 5.91 Å². The van der Waals surface area contributed by atoms with Crippen LogP contribution < -0.4 is 0 Å². The lowest BCUT2D eigenvalue weighted by Crippen LogP contribution is -2.53. The Morgan fingerprint density at radius 1 is 1.16 bits per heavy atom. The van der Waals surface area contributed by atoms with Crippen LogP contribution in [-0.4, -0.2) is 63.7 Å². The van der Waals surface area contributed by atoms with Gasteiger partial charge in [0.05, 0.1) is 6.10 Å². The zero-order valence-electron chi connectivity index (χ0n) is 14.9. The fourth-order valence-corrected chi connectivity index (χ4v) is 4.49. The largest absolute Gasteiger partial charge is 0.391 e. The lowest BCUT2D eigenvalue weighted by Gasteiger charge is -2.39. The van der Waals surface area contributed by atoms with Crippen molar-refractivity contribution in [1.82, 2.24) is 14.4 Å². The maximum absolute atomic E-state index is 13.1. The van der Waals surface area contributed by atoms with Gasteiger partial charge in [0.1, 0.15) is 5.69 Å². The molecule has 0 bridgehead atoms. The molecule has 134 valence electrons. The number of amides is 1. The predicted octanol–water partition coefficient (Wildman–Crippen LogP) is 2.33. The number of nitrogens with zero attached hydrogens (tertiary/aromatic N) is 3. The average molecular weight is 341 g/mol. The molecule has 1 aliphatic carbocycles. The third-order valence-corrected chi connectivity index (χ3v) is 5.86. The minimum Gasteiger partial charge on any atom is -0.391 e. The molecule has 5 nitrogen and oxygen atoms in total. The summed E-state index contributed by atoms with van der Waals surface area (Å²) in [6, 6.07) is 10.5. The lowest BCUT2D eigenvalue weighted by atomic mass is 10.1. The number of fused-ring (bicyclic) bond motifs is 1. The molecule has 1 aromatic heterocycles. The fourth-order valence-electron chi connectivity index (χ4n) is 4.49. The van der Waals surface area contributed by atoms with E-state index in [1.807, 2.05) is 23.1 Å². The van der Waals surface area contributed by atoms with Crippen molar-refractivity contribution in [3.63, 3.8) is 0 Å². The molecule has 1 N–H and O–H groups in total. The van der Waals surface area contributed by atoms with Crippen LogP contribution in [0.15, 0.2) is 30.3 Å². The molecule has 1 amide bonds. The zero-order chi connectivity index (χ0) is 17.4. The number of hydrogen-bond donors (Lipinski definition) is 1. The first kappa shape index (κ1) is 16.6. The summed E-state index contributed by atoms with van der Waals surface area (Å²) in [4.78, 5) is 17.4. The predicted molar refractivity (Wildman–Crippen MR) is 98.7 cm³/mol. The number of hydrogen-bond acceptors (Lipinski definition) is 3. The first-order valence-corrected chi connectivity index (χ1v) is 9.48. The van der Waals surface area contributed by atoms with Crippen molar-refractivity contribution < 1.29 is 9.90 Å². The summed E-state index contributed by atoms with van der Waals surface area (Å²) < 4.78 is 2.12. The van der Waals surface area contributed by atoms with E-state index in [0.29, 0.717) is 6.04 Å². The number of aliphatic hydroxyl groups excluding tert-OH is 1. The number of carbonyl (C=O) groups is 1. The molecule has 1 aliphatic heterocycles. The van der Waals surface area contributed by atoms with Crippen LogP contribution in [0, 0.1) is 0 Å². The van der Waals surface area contributed by atoms with Crippen LogP contribution in [-0.2, 0) is 6.54 Å². The number of carbonyl (C=O) groups excluding carboxylic acids is 1. The molecule has 0 radical (unpaired) electrons. The smallest absolute Gasteiger partial charge is 0.270 e. The third kappa shape index (κ3) is 2.96. The van der Waals surface area contributed by atoms with Crippen molar-refractivity contribution >= 4 is 16.8 Å². The molecule has 5 heteroatoms. The van der Waals surface area contributed by atoms with E-state index < -0.39 is 0 Å². The van der Waals surface area contributed by atoms with Crippen molar-refractivity contribution in [2.45, 2.75) is 44.9 Å². The van der Waals surface area contributed by atoms with E-state index in [2.05, 4.69) is 28.5 Å². The Hall–Kier alpha value is -1.85. The van der Waals surface area contributed by atoms with Crippen molar-refractivity contribution in [3.05, 3.63) is 36.0 Å². The van der Waals surface area contributed by atoms with Crippen LogP contribution >= 0.6 is 0 Å². The highest BCUT2D eigenvalue weighted by molar-refractivity contribution is 5.98. The Bertz CT molecular complexity index is 761. The van der Waals surface area contributed by atoms with Crippen LogP contribution in [0.25, 0.3) is 10.9 Å². The summed E-state index contributed by atoms with van der Waals surface area (Å²) in [5.41, 5.74) is 1.92. The summed E-state index contributed by atoms with van der Waals surface area (Å²) in [6.45, 7) is 6.09. The van der Waals surface area contributed by atoms with Crippen LogP contribution in [0.1, 0.15) is 36.7 Å². The third-order valence-electron chi connectivity index (χ3n) is 5.86. The van der Waals surface area contributed by atoms with E-state index in [1.54, 1.807) is 0 Å². The molecular weight excluding hydrogens is 314 g/mol. The topological polar surface area (TPSA) is 48.7 Å².